The summed E-state index contributed by atoms with van der Waals surface area (Å²) < 4.78 is 12.8. The molecule has 1 heterocycles. The molecule has 3 aromatic carbocycles. The lowest BCUT2D eigenvalue weighted by Gasteiger charge is -2.06. The Bertz CT molecular complexity index is 1260. The van der Waals surface area contributed by atoms with Crippen molar-refractivity contribution in [3.8, 4) is 23.0 Å². The molecule has 0 aliphatic carbocycles. The molecule has 8 heteroatoms. The quantitative estimate of drug-likeness (QED) is 0.208. The smallest absolute Gasteiger partial charge is 0.228 e. The summed E-state index contributed by atoms with van der Waals surface area (Å²) in [7, 11) is 1.50. The molecule has 0 atom stereocenters. The van der Waals surface area contributed by atoms with E-state index >= 15 is 0 Å². The molecule has 5 nitrogen and oxygen atoms in total. The highest BCUT2D eigenvalue weighted by atomic mass is 127. The molecule has 0 aliphatic rings. The van der Waals surface area contributed by atoms with Gasteiger partial charge in [0.1, 0.15) is 5.52 Å². The van der Waals surface area contributed by atoms with Crippen molar-refractivity contribution in [3.63, 3.8) is 0 Å². The number of nitrogens with zero attached hydrogens (tertiary/aromatic N) is 2. The van der Waals surface area contributed by atoms with Gasteiger partial charge in [0.25, 0.3) is 0 Å². The van der Waals surface area contributed by atoms with Gasteiger partial charge in [0.2, 0.25) is 5.89 Å². The monoisotopic (exact) mass is 582 g/mol. The number of aromatic nitrogens is 1. The molecule has 0 unspecified atom stereocenters. The van der Waals surface area contributed by atoms with Crippen molar-refractivity contribution in [2.24, 2.45) is 4.99 Å². The van der Waals surface area contributed by atoms with Gasteiger partial charge in [-0.1, -0.05) is 27.5 Å². The van der Waals surface area contributed by atoms with Crippen LogP contribution in [0.3, 0.4) is 0 Å². The molecule has 1 N–H and O–H groups in total. The highest BCUT2D eigenvalue weighted by molar-refractivity contribution is 14.1. The van der Waals surface area contributed by atoms with Crippen molar-refractivity contribution in [1.82, 2.24) is 4.98 Å². The number of phenolic OH excluding ortho intramolecular Hbond substituents is 1. The molecule has 0 saturated heterocycles. The van der Waals surface area contributed by atoms with E-state index in [4.69, 9.17) is 20.8 Å². The van der Waals surface area contributed by atoms with Gasteiger partial charge in [0, 0.05) is 19.8 Å². The first-order chi connectivity index (χ1) is 13.9. The Morgan fingerprint density at radius 2 is 2.03 bits per heavy atom. The van der Waals surface area contributed by atoms with Crippen LogP contribution >= 0.6 is 50.1 Å². The molecule has 29 heavy (non-hydrogen) atoms. The Balaban J connectivity index is 1.69. The molecule has 0 bridgehead atoms. The first-order valence-corrected chi connectivity index (χ1v) is 10.7. The Labute approximate surface area is 193 Å². The fourth-order valence-corrected chi connectivity index (χ4v) is 3.91. The summed E-state index contributed by atoms with van der Waals surface area (Å²) >= 11 is 11.9. The van der Waals surface area contributed by atoms with Gasteiger partial charge in [-0.2, -0.15) is 0 Å². The molecule has 1 aromatic heterocycles. The Morgan fingerprint density at radius 1 is 1.21 bits per heavy atom. The maximum Gasteiger partial charge on any atom is 0.228 e. The molecule has 4 rings (SSSR count). The number of ether oxygens (including phenoxy) is 1. The highest BCUT2D eigenvalue weighted by Gasteiger charge is 2.13. The van der Waals surface area contributed by atoms with Crippen LogP contribution in [0.5, 0.6) is 11.5 Å². The molecule has 0 radical (unpaired) electrons. The van der Waals surface area contributed by atoms with E-state index in [0.29, 0.717) is 39.0 Å². The maximum atomic E-state index is 10.3. The molecule has 4 aromatic rings. The first-order valence-electron chi connectivity index (χ1n) is 8.41. The van der Waals surface area contributed by atoms with Gasteiger partial charge in [-0.15, -0.1) is 0 Å². The van der Waals surface area contributed by atoms with E-state index < -0.39 is 0 Å². The van der Waals surface area contributed by atoms with Gasteiger partial charge in [-0.05, 0) is 71.1 Å². The van der Waals surface area contributed by atoms with E-state index in [2.05, 4.69) is 48.5 Å². The number of phenols is 1. The molecule has 0 amide bonds. The van der Waals surface area contributed by atoms with Crippen molar-refractivity contribution in [2.75, 3.05) is 7.11 Å². The summed E-state index contributed by atoms with van der Waals surface area (Å²) in [5, 5.41) is 10.8. The zero-order valence-corrected chi connectivity index (χ0v) is 19.5. The average Bonchev–Trinajstić information content (AvgIpc) is 3.13. The van der Waals surface area contributed by atoms with Gasteiger partial charge >= 0.3 is 0 Å². The lowest BCUT2D eigenvalue weighted by Crippen LogP contribution is -1.89. The first kappa shape index (κ1) is 20.2. The van der Waals surface area contributed by atoms with Gasteiger partial charge in [-0.25, -0.2) is 4.98 Å². The molecule has 146 valence electrons. The van der Waals surface area contributed by atoms with Crippen molar-refractivity contribution in [3.05, 3.63) is 67.2 Å². The number of fused-ring (bicyclic) bond motifs is 1. The Morgan fingerprint density at radius 3 is 2.83 bits per heavy atom. The van der Waals surface area contributed by atoms with Gasteiger partial charge in [0.05, 0.1) is 23.4 Å². The van der Waals surface area contributed by atoms with E-state index in [1.807, 2.05) is 36.4 Å². The lowest BCUT2D eigenvalue weighted by molar-refractivity contribution is 0.373. The lowest BCUT2D eigenvalue weighted by atomic mass is 10.2. The summed E-state index contributed by atoms with van der Waals surface area (Å²) in [6.07, 6.45) is 1.57. The summed E-state index contributed by atoms with van der Waals surface area (Å²) in [6.45, 7) is 0. The molecular weight excluding hydrogens is 571 g/mol. The van der Waals surface area contributed by atoms with E-state index in [9.17, 15) is 5.11 Å². The van der Waals surface area contributed by atoms with Crippen LogP contribution in [0.2, 0.25) is 5.02 Å². The third-order valence-electron chi connectivity index (χ3n) is 4.17. The van der Waals surface area contributed by atoms with Crippen molar-refractivity contribution in [1.29, 1.82) is 0 Å². The van der Waals surface area contributed by atoms with Crippen LogP contribution in [-0.4, -0.2) is 23.4 Å². The number of oxazole rings is 1. The molecule has 0 aliphatic heterocycles. The second kappa shape index (κ2) is 8.33. The number of hydrogen-bond donors (Lipinski definition) is 1. The minimum atomic E-state index is 0.0255. The Hall–Kier alpha value is -2.10. The van der Waals surface area contributed by atoms with E-state index in [1.165, 1.54) is 7.11 Å². The molecule has 0 fully saturated rings. The summed E-state index contributed by atoms with van der Waals surface area (Å²) in [5.74, 6) is 0.850. The number of aliphatic imine (C=N–C) groups is 1. The number of benzene rings is 3. The third-order valence-corrected chi connectivity index (χ3v) is 5.63. The van der Waals surface area contributed by atoms with Crippen LogP contribution in [0, 0.1) is 3.57 Å². The molecular formula is C21H13BrClIN2O3. The second-order valence-corrected chi connectivity index (χ2v) is 8.67. The molecule has 0 spiro atoms. The van der Waals surface area contributed by atoms with E-state index in [0.717, 1.165) is 13.6 Å². The normalized spacial score (nSPS) is 11.4. The zero-order valence-electron chi connectivity index (χ0n) is 15.0. The van der Waals surface area contributed by atoms with Crippen LogP contribution in [-0.2, 0) is 0 Å². The van der Waals surface area contributed by atoms with Crippen LogP contribution in [0.4, 0.5) is 5.69 Å². The van der Waals surface area contributed by atoms with Crippen LogP contribution in [0.25, 0.3) is 22.6 Å². The second-order valence-electron chi connectivity index (χ2n) is 6.10. The van der Waals surface area contributed by atoms with Crippen LogP contribution in [0.15, 0.2) is 62.4 Å². The predicted octanol–water partition coefficient (Wildman–Crippen LogP) is 6.98. The maximum absolute atomic E-state index is 10.3. The van der Waals surface area contributed by atoms with Crippen molar-refractivity contribution < 1.29 is 14.3 Å². The summed E-state index contributed by atoms with van der Waals surface area (Å²) in [5.41, 5.74) is 3.25. The zero-order chi connectivity index (χ0) is 20.5. The summed E-state index contributed by atoms with van der Waals surface area (Å²) in [4.78, 5) is 9.00. The van der Waals surface area contributed by atoms with E-state index in [-0.39, 0.29) is 5.75 Å². The van der Waals surface area contributed by atoms with Gasteiger partial charge in [0.15, 0.2) is 17.1 Å². The fraction of sp³-hybridized carbons (Fsp3) is 0.0476. The average molecular weight is 584 g/mol. The van der Waals surface area contributed by atoms with Gasteiger partial charge < -0.3 is 14.3 Å². The predicted molar refractivity (Wildman–Crippen MR) is 127 cm³/mol. The van der Waals surface area contributed by atoms with Gasteiger partial charge in [-0.3, -0.25) is 4.99 Å². The number of methoxy groups -OCH3 is 1. The van der Waals surface area contributed by atoms with Crippen LogP contribution < -0.4 is 4.74 Å². The van der Waals surface area contributed by atoms with Crippen LogP contribution in [0.1, 0.15) is 5.56 Å². The number of halogens is 3. The number of rotatable bonds is 4. The number of hydrogen-bond acceptors (Lipinski definition) is 5. The van der Waals surface area contributed by atoms with E-state index in [1.54, 1.807) is 18.3 Å². The molecule has 0 saturated carbocycles. The fourth-order valence-electron chi connectivity index (χ4n) is 2.77. The minimum absolute atomic E-state index is 0.0255. The third kappa shape index (κ3) is 4.26. The highest BCUT2D eigenvalue weighted by Crippen LogP contribution is 2.34. The van der Waals surface area contributed by atoms with Crippen molar-refractivity contribution >= 4 is 73.1 Å². The minimum Gasteiger partial charge on any atom is -0.504 e. The SMILES string of the molecule is COc1cc(Br)cc(C=Nc2ccc3oc(-c4cc(I)ccc4Cl)nc3c2)c1O. The standard InChI is InChI=1S/C21H13BrClIN2O3/c1-28-19-7-12(22)6-11(20(19)27)10-25-14-3-5-18-17(9-14)26-21(29-18)15-8-13(24)2-4-16(15)23/h2-10,27H,1H3. The Kier molecular flexibility index (Phi) is 5.80. The van der Waals surface area contributed by atoms with Crippen molar-refractivity contribution in [2.45, 2.75) is 0 Å². The number of aromatic hydroxyl groups is 1. The largest absolute Gasteiger partial charge is 0.504 e. The topological polar surface area (TPSA) is 67.9 Å². The summed E-state index contributed by atoms with van der Waals surface area (Å²) in [6, 6.07) is 14.6.